The van der Waals surface area contributed by atoms with E-state index in [2.05, 4.69) is 19.8 Å². The van der Waals surface area contributed by atoms with Crippen LogP contribution < -0.4 is 5.73 Å². The number of aliphatic hydroxyl groups is 1. The van der Waals surface area contributed by atoms with E-state index in [1.54, 1.807) is 0 Å². The van der Waals surface area contributed by atoms with Crippen LogP contribution in [0.5, 0.6) is 0 Å². The highest BCUT2D eigenvalue weighted by molar-refractivity contribution is 5.83. The predicted octanol–water partition coefficient (Wildman–Crippen LogP) is -1.40. The Morgan fingerprint density at radius 3 is 2.29 bits per heavy atom. The van der Waals surface area contributed by atoms with Crippen LogP contribution in [0.15, 0.2) is 10.4 Å². The fraction of sp³-hybridized carbons (Fsp3) is 0.700. The van der Waals surface area contributed by atoms with Gasteiger partial charge in [0.05, 0.1) is 19.4 Å². The number of nitrogens with zero attached hydrogens (tertiary/aromatic N) is 2. The van der Waals surface area contributed by atoms with E-state index in [0.29, 0.717) is 0 Å². The molecule has 11 nitrogen and oxygen atoms in total. The van der Waals surface area contributed by atoms with Crippen molar-refractivity contribution in [3.63, 3.8) is 0 Å². The summed E-state index contributed by atoms with van der Waals surface area (Å²) in [5.41, 5.74) is 5.17. The number of amides is 1. The first-order valence-corrected chi connectivity index (χ1v) is 5.82. The van der Waals surface area contributed by atoms with E-state index >= 15 is 0 Å². The van der Waals surface area contributed by atoms with Crippen LogP contribution in [0.2, 0.25) is 0 Å². The average Bonchev–Trinajstić information content (AvgIpc) is 2.49. The van der Waals surface area contributed by atoms with E-state index in [-0.39, 0.29) is 12.8 Å². The molecule has 0 saturated heterocycles. The third kappa shape index (κ3) is 8.49. The Labute approximate surface area is 118 Å². The van der Waals surface area contributed by atoms with Crippen LogP contribution >= 0.6 is 0 Å². The third-order valence-electron chi connectivity index (χ3n) is 2.14. The van der Waals surface area contributed by atoms with Crippen LogP contribution in [-0.2, 0) is 23.9 Å². The largest absolute Gasteiger partial charge is 0.463 e. The Hall–Kier alpha value is -2.27. The highest BCUT2D eigenvalue weighted by atomic mass is 16.6. The molecule has 0 saturated carbocycles. The summed E-state index contributed by atoms with van der Waals surface area (Å²) in [5.74, 6) is -2.82. The number of aliphatic hydroxyl groups excluding tert-OH is 1. The fourth-order valence-corrected chi connectivity index (χ4v) is 1.06. The lowest BCUT2D eigenvalue weighted by Gasteiger charge is -2.12. The van der Waals surface area contributed by atoms with Crippen molar-refractivity contribution in [1.82, 2.24) is 0 Å². The molecule has 0 aliphatic rings. The van der Waals surface area contributed by atoms with E-state index in [4.69, 9.17) is 10.8 Å². The molecule has 0 spiro atoms. The zero-order valence-corrected chi connectivity index (χ0v) is 11.0. The maximum Gasteiger partial charge on any atom is 0.306 e. The van der Waals surface area contributed by atoms with Crippen molar-refractivity contribution in [3.05, 3.63) is 9.81 Å². The normalized spacial score (nSPS) is 12.9. The molecule has 0 rings (SSSR count). The molecule has 0 aromatic carbocycles. The number of ether oxygens (including phenoxy) is 2. The minimum Gasteiger partial charge on any atom is -0.463 e. The van der Waals surface area contributed by atoms with Gasteiger partial charge in [0.1, 0.15) is 25.3 Å². The number of nitrogens with two attached hydrogens (primary N) is 1. The van der Waals surface area contributed by atoms with E-state index in [1.807, 2.05) is 0 Å². The summed E-state index contributed by atoms with van der Waals surface area (Å²) in [7, 11) is 0. The van der Waals surface area contributed by atoms with Gasteiger partial charge in [0.25, 0.3) is 0 Å². The molecule has 1 unspecified atom stereocenters. The first-order chi connectivity index (χ1) is 9.94. The number of nitroso groups, excluding NO2 is 2. The first kappa shape index (κ1) is 18.7. The number of esters is 2. The summed E-state index contributed by atoms with van der Waals surface area (Å²) < 4.78 is 9.19. The Balaban J connectivity index is 3.96. The molecule has 0 bridgehead atoms. The molecule has 0 aliphatic carbocycles. The lowest BCUT2D eigenvalue weighted by Crippen LogP contribution is -2.34. The molecule has 1 amide bonds. The minimum absolute atomic E-state index is 0.358. The highest BCUT2D eigenvalue weighted by Gasteiger charge is 2.18. The van der Waals surface area contributed by atoms with Crippen molar-refractivity contribution in [2.24, 2.45) is 16.1 Å². The summed E-state index contributed by atoms with van der Waals surface area (Å²) in [5, 5.41) is 13.3. The Morgan fingerprint density at radius 2 is 1.76 bits per heavy atom. The molecule has 118 valence electrons. The molecular formula is C10H15N3O8. The predicted molar refractivity (Wildman–Crippen MR) is 66.6 cm³/mol. The molecule has 21 heavy (non-hydrogen) atoms. The summed E-state index contributed by atoms with van der Waals surface area (Å²) in [6.45, 7) is -1.51. The minimum atomic E-state index is -1.35. The number of carbonyl (C=O) groups is 3. The number of hydrogen-bond acceptors (Lipinski definition) is 10. The molecular weight excluding hydrogens is 290 g/mol. The summed E-state index contributed by atoms with van der Waals surface area (Å²) >= 11 is 0. The van der Waals surface area contributed by atoms with Crippen molar-refractivity contribution in [3.8, 4) is 0 Å². The van der Waals surface area contributed by atoms with E-state index in [0.717, 1.165) is 0 Å². The summed E-state index contributed by atoms with van der Waals surface area (Å²) in [6.07, 6.45) is -1.78. The zero-order chi connectivity index (χ0) is 16.3. The number of carbonyl (C=O) groups excluding carboxylic acids is 3. The first-order valence-electron chi connectivity index (χ1n) is 5.82. The Morgan fingerprint density at radius 1 is 1.14 bits per heavy atom. The average molecular weight is 305 g/mol. The van der Waals surface area contributed by atoms with Crippen LogP contribution in [0.3, 0.4) is 0 Å². The van der Waals surface area contributed by atoms with Gasteiger partial charge in [-0.15, -0.1) is 4.91 Å². The van der Waals surface area contributed by atoms with Gasteiger partial charge < -0.3 is 20.3 Å². The van der Waals surface area contributed by atoms with E-state index in [9.17, 15) is 24.2 Å². The van der Waals surface area contributed by atoms with Gasteiger partial charge in [0.2, 0.25) is 0 Å². The molecule has 0 aromatic heterocycles. The van der Waals surface area contributed by atoms with Crippen molar-refractivity contribution in [2.75, 3.05) is 19.8 Å². The standard InChI is InChI=1S/C10H15N3O8/c11-7(10(17)13-19)5-20-8(15)1-2-9(16)21-6(4-14)3-12-18/h6-7,14H,1-5,11H2/t6?,7-/m0/s1. The number of rotatable bonds is 10. The van der Waals surface area contributed by atoms with Gasteiger partial charge in [-0.1, -0.05) is 5.18 Å². The molecule has 0 radical (unpaired) electrons. The van der Waals surface area contributed by atoms with Gasteiger partial charge in [0, 0.05) is 5.18 Å². The lowest BCUT2D eigenvalue weighted by molar-refractivity contribution is -0.155. The molecule has 0 aromatic rings. The topological polar surface area (TPSA) is 175 Å². The maximum absolute atomic E-state index is 11.3. The van der Waals surface area contributed by atoms with Gasteiger partial charge in [-0.05, 0) is 0 Å². The monoisotopic (exact) mass is 305 g/mol. The zero-order valence-electron chi connectivity index (χ0n) is 11.0. The highest BCUT2D eigenvalue weighted by Crippen LogP contribution is 2.01. The second-order valence-electron chi connectivity index (χ2n) is 3.83. The molecule has 2 atom stereocenters. The summed E-state index contributed by atoms with van der Waals surface area (Å²) in [4.78, 5) is 53.0. The second-order valence-corrected chi connectivity index (χ2v) is 3.83. The second kappa shape index (κ2) is 10.5. The SMILES string of the molecule is N[C@@H](COC(=O)CCC(=O)OC(CO)CN=O)C(=O)N=O. The van der Waals surface area contributed by atoms with Gasteiger partial charge in [-0.3, -0.25) is 14.4 Å². The molecule has 0 heterocycles. The van der Waals surface area contributed by atoms with E-state index in [1.165, 1.54) is 0 Å². The molecule has 3 N–H and O–H groups in total. The van der Waals surface area contributed by atoms with Crippen LogP contribution in [0.1, 0.15) is 12.8 Å². The van der Waals surface area contributed by atoms with Gasteiger partial charge in [-0.2, -0.15) is 4.91 Å². The molecule has 11 heteroatoms. The van der Waals surface area contributed by atoms with Crippen LogP contribution in [0, 0.1) is 9.81 Å². The molecule has 0 aliphatic heterocycles. The maximum atomic E-state index is 11.3. The van der Waals surface area contributed by atoms with Crippen molar-refractivity contribution in [2.45, 2.75) is 25.0 Å². The van der Waals surface area contributed by atoms with Crippen molar-refractivity contribution < 1.29 is 29.0 Å². The lowest BCUT2D eigenvalue weighted by atomic mass is 10.3. The third-order valence-corrected chi connectivity index (χ3v) is 2.14. The van der Waals surface area contributed by atoms with E-state index < -0.39 is 49.8 Å². The van der Waals surface area contributed by atoms with Crippen LogP contribution in [0.4, 0.5) is 0 Å². The summed E-state index contributed by atoms with van der Waals surface area (Å²) in [6, 6.07) is -1.35. The van der Waals surface area contributed by atoms with Gasteiger partial charge >= 0.3 is 17.8 Å². The molecule has 0 fully saturated rings. The smallest absolute Gasteiger partial charge is 0.306 e. The van der Waals surface area contributed by atoms with Crippen molar-refractivity contribution in [1.29, 1.82) is 0 Å². The fourth-order valence-electron chi connectivity index (χ4n) is 1.06. The van der Waals surface area contributed by atoms with Gasteiger partial charge in [-0.25, -0.2) is 0 Å². The van der Waals surface area contributed by atoms with Crippen molar-refractivity contribution >= 4 is 17.8 Å². The van der Waals surface area contributed by atoms with Gasteiger partial charge in [0.15, 0.2) is 0 Å². The quantitative estimate of drug-likeness (QED) is 0.363. The van der Waals surface area contributed by atoms with Crippen LogP contribution in [-0.4, -0.2) is 54.9 Å². The Bertz CT molecular complexity index is 400. The van der Waals surface area contributed by atoms with Crippen LogP contribution in [0.25, 0.3) is 0 Å². The number of hydrogen-bond donors (Lipinski definition) is 2. The Kier molecular flexibility index (Phi) is 9.37.